The largest absolute Gasteiger partial charge is 0.383 e. The normalized spacial score (nSPS) is 23.7. The number of aromatic nitrogens is 1. The first kappa shape index (κ1) is 20.7. The molecular formula is C20H33N3O3S. The van der Waals surface area contributed by atoms with E-state index >= 15 is 0 Å². The van der Waals surface area contributed by atoms with Crippen molar-refractivity contribution in [3.63, 3.8) is 0 Å². The molecule has 2 aliphatic rings. The van der Waals surface area contributed by atoms with E-state index in [4.69, 9.17) is 9.72 Å². The Labute approximate surface area is 166 Å². The molecule has 1 aromatic rings. The van der Waals surface area contributed by atoms with Gasteiger partial charge in [0.15, 0.2) is 0 Å². The highest BCUT2D eigenvalue weighted by molar-refractivity contribution is 7.09. The quantitative estimate of drug-likeness (QED) is 0.830. The number of hydrogen-bond acceptors (Lipinski definition) is 6. The molecule has 0 saturated carbocycles. The fourth-order valence-electron chi connectivity index (χ4n) is 4.07. The fourth-order valence-corrected chi connectivity index (χ4v) is 4.98. The molecule has 6 nitrogen and oxygen atoms in total. The number of thiazole rings is 1. The van der Waals surface area contributed by atoms with Gasteiger partial charge in [-0.2, -0.15) is 0 Å². The summed E-state index contributed by atoms with van der Waals surface area (Å²) in [6, 6.07) is 0.470. The number of methoxy groups -OCH3 is 1. The zero-order valence-corrected chi connectivity index (χ0v) is 17.8. The van der Waals surface area contributed by atoms with Gasteiger partial charge in [0, 0.05) is 37.0 Å². The first-order valence-corrected chi connectivity index (χ1v) is 10.8. The molecule has 3 rings (SSSR count). The van der Waals surface area contributed by atoms with Crippen molar-refractivity contribution >= 4 is 17.2 Å². The summed E-state index contributed by atoms with van der Waals surface area (Å²) in [5, 5.41) is 14.2. The Morgan fingerprint density at radius 1 is 1.37 bits per heavy atom. The fraction of sp³-hybridized carbons (Fsp3) is 0.800. The summed E-state index contributed by atoms with van der Waals surface area (Å²) < 4.78 is 5.33. The lowest BCUT2D eigenvalue weighted by Crippen LogP contribution is -2.48. The van der Waals surface area contributed by atoms with Gasteiger partial charge in [0.1, 0.15) is 10.6 Å². The topological polar surface area (TPSA) is 65.9 Å². The lowest BCUT2D eigenvalue weighted by molar-refractivity contribution is -0.144. The third kappa shape index (κ3) is 4.70. The van der Waals surface area contributed by atoms with Gasteiger partial charge in [0.05, 0.1) is 18.8 Å². The average Bonchev–Trinajstić information content (AvgIpc) is 3.25. The minimum atomic E-state index is -0.916. The monoisotopic (exact) mass is 395 g/mol. The zero-order chi connectivity index (χ0) is 19.7. The van der Waals surface area contributed by atoms with Crippen LogP contribution in [0, 0.1) is 5.41 Å². The standard InChI is InChI=1S/C20H33N3O3S/c1-19(2,3)18(24)22-10-7-20(25,8-11-22)16-14-27-17(21-16)12-23-9-5-6-15(23)13-26-4/h14-15,25H,5-13H2,1-4H3. The second kappa shape index (κ2) is 8.15. The van der Waals surface area contributed by atoms with E-state index in [9.17, 15) is 9.90 Å². The summed E-state index contributed by atoms with van der Waals surface area (Å²) in [6.45, 7) is 9.66. The molecule has 2 saturated heterocycles. The Kier molecular flexibility index (Phi) is 6.25. The van der Waals surface area contributed by atoms with Gasteiger partial charge in [0.25, 0.3) is 0 Å². The van der Waals surface area contributed by atoms with Crippen molar-refractivity contribution in [2.24, 2.45) is 5.41 Å². The van der Waals surface area contributed by atoms with Gasteiger partial charge < -0.3 is 14.7 Å². The van der Waals surface area contributed by atoms with E-state index in [1.54, 1.807) is 18.4 Å². The highest BCUT2D eigenvalue weighted by Crippen LogP contribution is 2.35. The first-order chi connectivity index (χ1) is 12.7. The number of hydrogen-bond donors (Lipinski definition) is 1. The van der Waals surface area contributed by atoms with Gasteiger partial charge >= 0.3 is 0 Å². The lowest BCUT2D eigenvalue weighted by atomic mass is 9.86. The molecular weight excluding hydrogens is 362 g/mol. The summed E-state index contributed by atoms with van der Waals surface area (Å²) in [5.74, 6) is 0.154. The maximum absolute atomic E-state index is 12.5. The van der Waals surface area contributed by atoms with Gasteiger partial charge in [-0.3, -0.25) is 9.69 Å². The van der Waals surface area contributed by atoms with E-state index in [2.05, 4.69) is 4.90 Å². The van der Waals surface area contributed by atoms with Crippen LogP contribution in [0.25, 0.3) is 0 Å². The van der Waals surface area contributed by atoms with Crippen LogP contribution in [0.3, 0.4) is 0 Å². The molecule has 3 heterocycles. The van der Waals surface area contributed by atoms with Crippen molar-refractivity contribution in [1.82, 2.24) is 14.8 Å². The van der Waals surface area contributed by atoms with Crippen LogP contribution in [-0.2, 0) is 21.7 Å². The van der Waals surface area contributed by atoms with Crippen LogP contribution in [0.4, 0.5) is 0 Å². The Hall–Kier alpha value is -1.02. The van der Waals surface area contributed by atoms with Crippen molar-refractivity contribution in [2.45, 2.75) is 64.6 Å². The van der Waals surface area contributed by atoms with Crippen LogP contribution in [0.15, 0.2) is 5.38 Å². The molecule has 0 radical (unpaired) electrons. The van der Waals surface area contributed by atoms with Crippen LogP contribution in [0.1, 0.15) is 57.2 Å². The average molecular weight is 396 g/mol. The zero-order valence-electron chi connectivity index (χ0n) is 17.0. The van der Waals surface area contributed by atoms with Crippen molar-refractivity contribution in [3.8, 4) is 0 Å². The van der Waals surface area contributed by atoms with E-state index in [-0.39, 0.29) is 11.3 Å². The molecule has 2 fully saturated rings. The van der Waals surface area contributed by atoms with E-state index in [0.717, 1.165) is 30.4 Å². The Morgan fingerprint density at radius 2 is 2.07 bits per heavy atom. The Morgan fingerprint density at radius 3 is 2.70 bits per heavy atom. The predicted octanol–water partition coefficient (Wildman–Crippen LogP) is 2.61. The number of nitrogens with zero attached hydrogens (tertiary/aromatic N) is 3. The molecule has 1 aromatic heterocycles. The molecule has 152 valence electrons. The molecule has 0 spiro atoms. The molecule has 0 bridgehead atoms. The second-order valence-corrected chi connectivity index (χ2v) is 9.86. The first-order valence-electron chi connectivity index (χ1n) is 9.92. The number of carbonyl (C=O) groups excluding carboxylic acids is 1. The highest BCUT2D eigenvalue weighted by atomic mass is 32.1. The van der Waals surface area contributed by atoms with Gasteiger partial charge in [-0.05, 0) is 32.2 Å². The molecule has 27 heavy (non-hydrogen) atoms. The van der Waals surface area contributed by atoms with E-state index < -0.39 is 5.60 Å². The van der Waals surface area contributed by atoms with Gasteiger partial charge in [-0.15, -0.1) is 11.3 Å². The van der Waals surface area contributed by atoms with Crippen LogP contribution in [0.2, 0.25) is 0 Å². The molecule has 1 amide bonds. The summed E-state index contributed by atoms with van der Waals surface area (Å²) in [4.78, 5) is 21.5. The molecule has 0 aromatic carbocycles. The maximum atomic E-state index is 12.5. The summed E-state index contributed by atoms with van der Waals surface area (Å²) >= 11 is 1.63. The molecule has 1 atom stereocenters. The van der Waals surface area contributed by atoms with Gasteiger partial charge in [-0.25, -0.2) is 4.98 Å². The van der Waals surface area contributed by atoms with Crippen molar-refractivity contribution in [3.05, 3.63) is 16.1 Å². The van der Waals surface area contributed by atoms with E-state index in [1.165, 1.54) is 12.8 Å². The number of carbonyl (C=O) groups is 1. The van der Waals surface area contributed by atoms with E-state index in [1.807, 2.05) is 31.1 Å². The number of likely N-dealkylation sites (tertiary alicyclic amines) is 2. The number of amides is 1. The van der Waals surface area contributed by atoms with Gasteiger partial charge in [-0.1, -0.05) is 20.8 Å². The number of rotatable bonds is 5. The minimum Gasteiger partial charge on any atom is -0.383 e. The van der Waals surface area contributed by atoms with E-state index in [0.29, 0.717) is 32.0 Å². The number of ether oxygens (including phenoxy) is 1. The van der Waals surface area contributed by atoms with Crippen molar-refractivity contribution in [2.75, 3.05) is 33.4 Å². The number of piperidine rings is 1. The molecule has 7 heteroatoms. The third-order valence-corrected chi connectivity index (χ3v) is 6.58. The van der Waals surface area contributed by atoms with Crippen LogP contribution >= 0.6 is 11.3 Å². The van der Waals surface area contributed by atoms with Crippen molar-refractivity contribution < 1.29 is 14.6 Å². The lowest BCUT2D eigenvalue weighted by Gasteiger charge is -2.39. The Balaban J connectivity index is 1.60. The maximum Gasteiger partial charge on any atom is 0.227 e. The SMILES string of the molecule is COCC1CCCN1Cc1nc(C2(O)CCN(C(=O)C(C)(C)C)CC2)cs1. The smallest absolute Gasteiger partial charge is 0.227 e. The molecule has 2 aliphatic heterocycles. The minimum absolute atomic E-state index is 0.154. The van der Waals surface area contributed by atoms with Crippen LogP contribution in [0.5, 0.6) is 0 Å². The Bertz CT molecular complexity index is 647. The highest BCUT2D eigenvalue weighted by Gasteiger charge is 2.39. The number of aliphatic hydroxyl groups is 1. The van der Waals surface area contributed by atoms with Crippen LogP contribution < -0.4 is 0 Å². The molecule has 0 aliphatic carbocycles. The summed E-state index contributed by atoms with van der Waals surface area (Å²) in [5.41, 5.74) is -0.522. The molecule has 1 N–H and O–H groups in total. The predicted molar refractivity (Wildman–Crippen MR) is 107 cm³/mol. The van der Waals surface area contributed by atoms with Gasteiger partial charge in [0.2, 0.25) is 5.91 Å². The molecule has 1 unspecified atom stereocenters. The third-order valence-electron chi connectivity index (χ3n) is 5.74. The summed E-state index contributed by atoms with van der Waals surface area (Å²) in [7, 11) is 1.75. The summed E-state index contributed by atoms with van der Waals surface area (Å²) in [6.07, 6.45) is 3.48. The van der Waals surface area contributed by atoms with Crippen LogP contribution in [-0.4, -0.2) is 65.2 Å². The van der Waals surface area contributed by atoms with Crippen molar-refractivity contribution in [1.29, 1.82) is 0 Å². The second-order valence-electron chi connectivity index (χ2n) is 8.92.